The highest BCUT2D eigenvalue weighted by Gasteiger charge is 2.46. The first-order chi connectivity index (χ1) is 5.37. The van der Waals surface area contributed by atoms with Crippen molar-refractivity contribution >= 4 is 0 Å². The monoisotopic (exact) mass is 145 g/mol. The number of nitrogens with one attached hydrogen (secondary N) is 1. The molecule has 2 nitrogen and oxygen atoms in total. The quantitative estimate of drug-likeness (QED) is 0.600. The van der Waals surface area contributed by atoms with Crippen molar-refractivity contribution in [1.29, 1.82) is 5.26 Å². The molecule has 0 bridgehead atoms. The molecule has 55 valence electrons. The first kappa shape index (κ1) is 6.48. The second-order valence-electron chi connectivity index (χ2n) is 3.00. The standard InChI is InChI=1S/C9H9N2/c10-7-9(4-5-9)8-3-1-2-6-11-8/h2-3,11H,4-6H2. The third kappa shape index (κ3) is 0.932. The van der Waals surface area contributed by atoms with Crippen LogP contribution in [0, 0.1) is 22.8 Å². The highest BCUT2D eigenvalue weighted by molar-refractivity contribution is 5.32. The highest BCUT2D eigenvalue weighted by Crippen LogP contribution is 2.50. The molecule has 0 aromatic carbocycles. The lowest BCUT2D eigenvalue weighted by atomic mass is 10.0. The summed E-state index contributed by atoms with van der Waals surface area (Å²) in [4.78, 5) is 0. The van der Waals surface area contributed by atoms with Gasteiger partial charge >= 0.3 is 0 Å². The number of dihydropyridines is 1. The number of hydrogen-bond donors (Lipinski definition) is 1. The Morgan fingerprint density at radius 1 is 1.64 bits per heavy atom. The number of nitriles is 1. The van der Waals surface area contributed by atoms with Crippen LogP contribution >= 0.6 is 0 Å². The van der Waals surface area contributed by atoms with E-state index in [9.17, 15) is 0 Å². The highest BCUT2D eigenvalue weighted by atomic mass is 14.9. The van der Waals surface area contributed by atoms with Gasteiger partial charge in [0.15, 0.2) is 0 Å². The molecule has 1 heterocycles. The third-order valence-corrected chi connectivity index (χ3v) is 2.22. The predicted molar refractivity (Wildman–Crippen MR) is 41.2 cm³/mol. The summed E-state index contributed by atoms with van der Waals surface area (Å²) in [5, 5.41) is 12.0. The first-order valence-corrected chi connectivity index (χ1v) is 3.81. The Kier molecular flexibility index (Phi) is 1.25. The molecule has 0 unspecified atom stereocenters. The SMILES string of the molecule is N#CC1(C2=C[C]=CCN2)CC1. The van der Waals surface area contributed by atoms with Crippen molar-refractivity contribution in [2.24, 2.45) is 5.41 Å². The van der Waals surface area contributed by atoms with Crippen LogP contribution in [0.25, 0.3) is 0 Å². The molecule has 11 heavy (non-hydrogen) atoms. The number of nitrogens with zero attached hydrogens (tertiary/aromatic N) is 1. The van der Waals surface area contributed by atoms with Crippen LogP contribution in [0.4, 0.5) is 0 Å². The zero-order chi connectivity index (χ0) is 7.73. The fraction of sp³-hybridized carbons (Fsp3) is 0.444. The molecule has 2 heteroatoms. The van der Waals surface area contributed by atoms with Crippen molar-refractivity contribution in [2.75, 3.05) is 6.54 Å². The van der Waals surface area contributed by atoms with Gasteiger partial charge in [-0.3, -0.25) is 0 Å². The lowest BCUT2D eigenvalue weighted by Crippen LogP contribution is -2.22. The van der Waals surface area contributed by atoms with E-state index in [0.717, 1.165) is 25.1 Å². The molecular formula is C9H9N2. The third-order valence-electron chi connectivity index (χ3n) is 2.22. The van der Waals surface area contributed by atoms with Crippen LogP contribution in [-0.4, -0.2) is 6.54 Å². The van der Waals surface area contributed by atoms with E-state index >= 15 is 0 Å². The molecule has 0 spiro atoms. The Balaban J connectivity index is 2.22. The normalized spacial score (nSPS) is 24.8. The Morgan fingerprint density at radius 3 is 2.91 bits per heavy atom. The maximum atomic E-state index is 8.84. The van der Waals surface area contributed by atoms with E-state index in [1.165, 1.54) is 0 Å². The van der Waals surface area contributed by atoms with Crippen molar-refractivity contribution in [3.63, 3.8) is 0 Å². The molecule has 0 aromatic rings. The van der Waals surface area contributed by atoms with Gasteiger partial charge in [0.25, 0.3) is 0 Å². The minimum atomic E-state index is -0.165. The maximum Gasteiger partial charge on any atom is 0.0969 e. The van der Waals surface area contributed by atoms with Gasteiger partial charge in [-0.05, 0) is 25.0 Å². The van der Waals surface area contributed by atoms with Gasteiger partial charge in [-0.2, -0.15) is 5.26 Å². The van der Waals surface area contributed by atoms with Gasteiger partial charge in [-0.25, -0.2) is 0 Å². The molecule has 0 saturated heterocycles. The fourth-order valence-corrected chi connectivity index (χ4v) is 1.29. The van der Waals surface area contributed by atoms with Gasteiger partial charge in [0.1, 0.15) is 0 Å². The Labute approximate surface area is 66.2 Å². The molecule has 0 atom stereocenters. The van der Waals surface area contributed by atoms with Gasteiger partial charge in [-0.15, -0.1) is 0 Å². The van der Waals surface area contributed by atoms with E-state index < -0.39 is 0 Å². The number of allylic oxidation sites excluding steroid dienone is 3. The molecule has 2 rings (SSSR count). The van der Waals surface area contributed by atoms with Crippen molar-refractivity contribution < 1.29 is 0 Å². The summed E-state index contributed by atoms with van der Waals surface area (Å²) in [5.41, 5.74) is 0.892. The van der Waals surface area contributed by atoms with Crippen molar-refractivity contribution in [2.45, 2.75) is 12.8 Å². The smallest absolute Gasteiger partial charge is 0.0969 e. The Morgan fingerprint density at radius 2 is 2.45 bits per heavy atom. The van der Waals surface area contributed by atoms with Crippen LogP contribution in [0.5, 0.6) is 0 Å². The van der Waals surface area contributed by atoms with E-state index in [0.29, 0.717) is 0 Å². The lowest BCUT2D eigenvalue weighted by molar-refractivity contribution is 0.688. The van der Waals surface area contributed by atoms with Crippen molar-refractivity contribution in [3.05, 3.63) is 23.9 Å². The van der Waals surface area contributed by atoms with Gasteiger partial charge in [0.05, 0.1) is 11.5 Å². The van der Waals surface area contributed by atoms with E-state index in [4.69, 9.17) is 5.26 Å². The van der Waals surface area contributed by atoms with Gasteiger partial charge < -0.3 is 5.32 Å². The lowest BCUT2D eigenvalue weighted by Gasteiger charge is -2.15. The fourth-order valence-electron chi connectivity index (χ4n) is 1.29. The Hall–Kier alpha value is -1.23. The molecule has 1 saturated carbocycles. The second-order valence-corrected chi connectivity index (χ2v) is 3.00. The summed E-state index contributed by atoms with van der Waals surface area (Å²) in [6.07, 6.45) is 8.84. The molecule has 2 aliphatic rings. The molecule has 1 N–H and O–H groups in total. The minimum Gasteiger partial charge on any atom is -0.384 e. The van der Waals surface area contributed by atoms with E-state index in [2.05, 4.69) is 17.5 Å². The van der Waals surface area contributed by atoms with Crippen LogP contribution in [0.15, 0.2) is 17.8 Å². The molecule has 1 aliphatic heterocycles. The van der Waals surface area contributed by atoms with Gasteiger partial charge in [0.2, 0.25) is 0 Å². The average Bonchev–Trinajstić information content (AvgIpc) is 2.86. The average molecular weight is 145 g/mol. The zero-order valence-electron chi connectivity index (χ0n) is 6.22. The largest absolute Gasteiger partial charge is 0.384 e. The Bertz CT molecular complexity index is 264. The van der Waals surface area contributed by atoms with E-state index in [1.807, 2.05) is 12.2 Å². The molecule has 1 aliphatic carbocycles. The summed E-state index contributed by atoms with van der Waals surface area (Å²) in [6.45, 7) is 0.815. The summed E-state index contributed by atoms with van der Waals surface area (Å²) < 4.78 is 0. The molecule has 0 aromatic heterocycles. The summed E-state index contributed by atoms with van der Waals surface area (Å²) in [7, 11) is 0. The van der Waals surface area contributed by atoms with E-state index in [-0.39, 0.29) is 5.41 Å². The minimum absolute atomic E-state index is 0.165. The van der Waals surface area contributed by atoms with E-state index in [1.54, 1.807) is 0 Å². The molecule has 1 radical (unpaired) electrons. The molecule has 0 amide bonds. The maximum absolute atomic E-state index is 8.84. The van der Waals surface area contributed by atoms with Crippen LogP contribution in [0.3, 0.4) is 0 Å². The summed E-state index contributed by atoms with van der Waals surface area (Å²) >= 11 is 0. The van der Waals surface area contributed by atoms with Crippen molar-refractivity contribution in [1.82, 2.24) is 5.32 Å². The summed E-state index contributed by atoms with van der Waals surface area (Å²) in [6, 6.07) is 2.34. The van der Waals surface area contributed by atoms with Crippen LogP contribution < -0.4 is 5.32 Å². The number of hydrogen-bond acceptors (Lipinski definition) is 2. The first-order valence-electron chi connectivity index (χ1n) is 3.81. The van der Waals surface area contributed by atoms with Gasteiger partial charge in [0, 0.05) is 12.2 Å². The van der Waals surface area contributed by atoms with Gasteiger partial charge in [-0.1, -0.05) is 6.08 Å². The van der Waals surface area contributed by atoms with Crippen LogP contribution in [-0.2, 0) is 0 Å². The zero-order valence-corrected chi connectivity index (χ0v) is 6.22. The topological polar surface area (TPSA) is 35.8 Å². The van der Waals surface area contributed by atoms with Crippen molar-refractivity contribution in [3.8, 4) is 6.07 Å². The second kappa shape index (κ2) is 2.13. The summed E-state index contributed by atoms with van der Waals surface area (Å²) in [5.74, 6) is 0. The van der Waals surface area contributed by atoms with Crippen LogP contribution in [0.2, 0.25) is 0 Å². The predicted octanol–water partition coefficient (Wildman–Crippen LogP) is 1.14. The van der Waals surface area contributed by atoms with Crippen LogP contribution in [0.1, 0.15) is 12.8 Å². The number of rotatable bonds is 1. The molecular weight excluding hydrogens is 136 g/mol. The molecule has 1 fully saturated rings.